The molecule has 0 radical (unpaired) electrons. The number of piperazine rings is 1. The van der Waals surface area contributed by atoms with Crippen LogP contribution in [0.5, 0.6) is 0 Å². The van der Waals surface area contributed by atoms with E-state index in [0.29, 0.717) is 21.8 Å². The Bertz CT molecular complexity index is 1260. The van der Waals surface area contributed by atoms with E-state index in [4.69, 9.17) is 18.2 Å². The first-order chi connectivity index (χ1) is 16.0. The van der Waals surface area contributed by atoms with E-state index in [1.165, 1.54) is 5.56 Å². The molecule has 1 heterocycles. The average molecular weight is 452 g/mol. The molecule has 2 atom stereocenters. The minimum Gasteiger partial charge on any atom is -0.361 e. The summed E-state index contributed by atoms with van der Waals surface area (Å²) in [7, 11) is 0. The second-order valence-corrected chi connectivity index (χ2v) is 8.53. The number of halogens is 1. The van der Waals surface area contributed by atoms with E-state index in [0.717, 1.165) is 30.9 Å². The Labute approximate surface area is 199 Å². The number of anilines is 1. The third kappa shape index (κ3) is 4.69. The number of nitrogens with zero attached hydrogens (tertiary/aromatic N) is 5. The number of nitriles is 2. The van der Waals surface area contributed by atoms with Crippen molar-refractivity contribution >= 4 is 23.0 Å². The fourth-order valence-electron chi connectivity index (χ4n) is 4.40. The van der Waals surface area contributed by atoms with Crippen LogP contribution >= 0.6 is 11.6 Å². The van der Waals surface area contributed by atoms with Crippen LogP contribution in [-0.4, -0.2) is 24.5 Å². The molecule has 0 aliphatic carbocycles. The number of hydrogen-bond donors (Lipinski definition) is 0. The van der Waals surface area contributed by atoms with Gasteiger partial charge in [0.15, 0.2) is 5.69 Å². The zero-order valence-corrected chi connectivity index (χ0v) is 19.0. The van der Waals surface area contributed by atoms with Crippen molar-refractivity contribution in [1.29, 1.82) is 10.5 Å². The fourth-order valence-corrected chi connectivity index (χ4v) is 4.52. The molecular weight excluding hydrogens is 430 g/mol. The van der Waals surface area contributed by atoms with Crippen molar-refractivity contribution in [3.8, 4) is 12.1 Å². The highest BCUT2D eigenvalue weighted by molar-refractivity contribution is 6.30. The van der Waals surface area contributed by atoms with Crippen molar-refractivity contribution in [2.24, 2.45) is 0 Å². The zero-order chi connectivity index (χ0) is 23.4. The van der Waals surface area contributed by atoms with Gasteiger partial charge in [-0.2, -0.15) is 10.5 Å². The van der Waals surface area contributed by atoms with Gasteiger partial charge >= 0.3 is 0 Å². The van der Waals surface area contributed by atoms with Crippen LogP contribution in [-0.2, 0) is 0 Å². The Kier molecular flexibility index (Phi) is 6.62. The van der Waals surface area contributed by atoms with E-state index in [1.54, 1.807) is 12.1 Å². The molecule has 1 unspecified atom stereocenters. The third-order valence-corrected chi connectivity index (χ3v) is 6.53. The molecule has 1 saturated heterocycles. The summed E-state index contributed by atoms with van der Waals surface area (Å²) in [6.45, 7) is 11.7. The van der Waals surface area contributed by atoms with Crippen LogP contribution in [0, 0.1) is 29.2 Å². The van der Waals surface area contributed by atoms with E-state index in [9.17, 15) is 10.5 Å². The number of hydrogen-bond acceptors (Lipinski definition) is 4. The molecule has 1 fully saturated rings. The second kappa shape index (κ2) is 9.76. The Morgan fingerprint density at radius 2 is 1.73 bits per heavy atom. The van der Waals surface area contributed by atoms with Crippen molar-refractivity contribution < 1.29 is 0 Å². The van der Waals surface area contributed by atoms with Gasteiger partial charge in [-0.1, -0.05) is 48.0 Å². The fraction of sp³-hybridized carbons (Fsp3) is 0.222. The summed E-state index contributed by atoms with van der Waals surface area (Å²) in [4.78, 5) is 8.17. The summed E-state index contributed by atoms with van der Waals surface area (Å²) in [5.74, 6) is 0. The molecule has 0 amide bonds. The van der Waals surface area contributed by atoms with Crippen LogP contribution in [0.25, 0.3) is 4.85 Å². The summed E-state index contributed by atoms with van der Waals surface area (Å²) in [5.41, 5.74) is 4.75. The second-order valence-electron chi connectivity index (χ2n) is 8.09. The van der Waals surface area contributed by atoms with Crippen LogP contribution in [0.1, 0.15) is 41.3 Å². The summed E-state index contributed by atoms with van der Waals surface area (Å²) in [6.07, 6.45) is 0. The first-order valence-electron chi connectivity index (χ1n) is 10.7. The quantitative estimate of drug-likeness (QED) is 0.439. The molecule has 6 heteroatoms. The van der Waals surface area contributed by atoms with E-state index in [-0.39, 0.29) is 12.1 Å². The lowest BCUT2D eigenvalue weighted by molar-refractivity contribution is 0.171. The van der Waals surface area contributed by atoms with Crippen molar-refractivity contribution in [1.82, 2.24) is 4.90 Å². The molecule has 1 aliphatic heterocycles. The van der Waals surface area contributed by atoms with E-state index in [1.807, 2.05) is 54.6 Å². The molecule has 3 aromatic carbocycles. The third-order valence-electron chi connectivity index (χ3n) is 6.27. The van der Waals surface area contributed by atoms with Gasteiger partial charge in [-0.05, 0) is 48.4 Å². The molecule has 0 bridgehead atoms. The van der Waals surface area contributed by atoms with Crippen molar-refractivity contribution in [2.75, 3.05) is 24.5 Å². The Morgan fingerprint density at radius 3 is 2.36 bits per heavy atom. The van der Waals surface area contributed by atoms with Crippen molar-refractivity contribution in [3.63, 3.8) is 0 Å². The lowest BCUT2D eigenvalue weighted by Crippen LogP contribution is -2.49. The van der Waals surface area contributed by atoms with Gasteiger partial charge in [0, 0.05) is 30.7 Å². The van der Waals surface area contributed by atoms with Crippen molar-refractivity contribution in [2.45, 2.75) is 19.0 Å². The molecule has 0 aromatic heterocycles. The predicted molar refractivity (Wildman–Crippen MR) is 130 cm³/mol. The zero-order valence-electron chi connectivity index (χ0n) is 18.2. The molecule has 162 valence electrons. The first kappa shape index (κ1) is 22.4. The smallest absolute Gasteiger partial charge is 0.187 e. The molecule has 5 nitrogen and oxygen atoms in total. The van der Waals surface area contributed by atoms with Crippen LogP contribution < -0.4 is 4.90 Å². The molecule has 0 saturated carbocycles. The van der Waals surface area contributed by atoms with Crippen LogP contribution in [0.3, 0.4) is 0 Å². The topological polar surface area (TPSA) is 58.4 Å². The van der Waals surface area contributed by atoms with Gasteiger partial charge in [0.05, 0.1) is 35.5 Å². The highest BCUT2D eigenvalue weighted by atomic mass is 35.5. The molecular formula is C27H22ClN5. The van der Waals surface area contributed by atoms with Crippen molar-refractivity contribution in [3.05, 3.63) is 105 Å². The van der Waals surface area contributed by atoms with Gasteiger partial charge in [-0.15, -0.1) is 0 Å². The predicted octanol–water partition coefficient (Wildman–Crippen LogP) is 6.26. The highest BCUT2D eigenvalue weighted by Gasteiger charge is 2.32. The summed E-state index contributed by atoms with van der Waals surface area (Å²) < 4.78 is 0. The van der Waals surface area contributed by atoms with Gasteiger partial charge in [-0.3, -0.25) is 4.90 Å². The maximum absolute atomic E-state index is 9.76. The van der Waals surface area contributed by atoms with Gasteiger partial charge in [0.1, 0.15) is 6.07 Å². The van der Waals surface area contributed by atoms with Crippen LogP contribution in [0.15, 0.2) is 66.7 Å². The van der Waals surface area contributed by atoms with Gasteiger partial charge < -0.3 is 4.90 Å². The average Bonchev–Trinajstić information content (AvgIpc) is 2.88. The standard InChI is InChI=1S/C27H22ClN5/c1-19(21-6-10-25(31-2)11-7-21)32-13-14-33(26-12-3-20(16-29)15-23(26)17-30)27(18-32)22-4-8-24(28)9-5-22/h3-12,15,19,27H,13-14,18H2,1H3/t19?,27-/m0/s1. The van der Waals surface area contributed by atoms with Crippen LogP contribution in [0.2, 0.25) is 5.02 Å². The van der Waals surface area contributed by atoms with E-state index < -0.39 is 0 Å². The number of rotatable bonds is 4. The summed E-state index contributed by atoms with van der Waals surface area (Å²) in [5, 5.41) is 19.7. The largest absolute Gasteiger partial charge is 0.361 e. The summed E-state index contributed by atoms with van der Waals surface area (Å²) >= 11 is 6.15. The van der Waals surface area contributed by atoms with Gasteiger partial charge in [-0.25, -0.2) is 4.85 Å². The van der Waals surface area contributed by atoms with Gasteiger partial charge in [0.2, 0.25) is 0 Å². The molecule has 4 rings (SSSR count). The van der Waals surface area contributed by atoms with Crippen LogP contribution in [0.4, 0.5) is 11.4 Å². The Balaban J connectivity index is 1.68. The Morgan fingerprint density at radius 1 is 1.00 bits per heavy atom. The first-order valence-corrected chi connectivity index (χ1v) is 11.1. The lowest BCUT2D eigenvalue weighted by atomic mass is 9.97. The number of benzene rings is 3. The normalized spacial score (nSPS) is 16.9. The minimum atomic E-state index is 0.0148. The maximum atomic E-state index is 9.76. The lowest BCUT2D eigenvalue weighted by Gasteiger charge is -2.45. The van der Waals surface area contributed by atoms with E-state index >= 15 is 0 Å². The SMILES string of the molecule is [C-]#[N+]c1ccc(C(C)N2CCN(c3ccc(C#N)cc3C#N)[C@H](c3ccc(Cl)cc3)C2)cc1. The Hall–Kier alpha value is -3.82. The van der Waals surface area contributed by atoms with E-state index in [2.05, 4.69) is 33.7 Å². The molecule has 1 aliphatic rings. The maximum Gasteiger partial charge on any atom is 0.187 e. The highest BCUT2D eigenvalue weighted by Crippen LogP contribution is 2.36. The molecule has 33 heavy (non-hydrogen) atoms. The molecule has 0 N–H and O–H groups in total. The molecule has 0 spiro atoms. The monoisotopic (exact) mass is 451 g/mol. The van der Waals surface area contributed by atoms with Gasteiger partial charge in [0.25, 0.3) is 0 Å². The molecule has 3 aromatic rings. The summed E-state index contributed by atoms with van der Waals surface area (Å²) in [6, 6.07) is 25.5. The minimum absolute atomic E-state index is 0.0148.